The molecule has 0 bridgehead atoms. The fourth-order valence-corrected chi connectivity index (χ4v) is 2.73. The summed E-state index contributed by atoms with van der Waals surface area (Å²) in [5, 5.41) is 0. The molecule has 0 aliphatic carbocycles. The fraction of sp³-hybridized carbons (Fsp3) is 0.462. The van der Waals surface area contributed by atoms with Crippen LogP contribution in [0.15, 0.2) is 16.7 Å². The average molecular weight is 296 g/mol. The van der Waals surface area contributed by atoms with Gasteiger partial charge in [-0.25, -0.2) is 4.98 Å². The number of aromatic nitrogens is 2. The lowest BCUT2D eigenvalue weighted by Crippen LogP contribution is -1.98. The van der Waals surface area contributed by atoms with Crippen LogP contribution in [-0.4, -0.2) is 9.38 Å². The average Bonchev–Trinajstić information content (AvgIpc) is 2.57. The van der Waals surface area contributed by atoms with Crippen molar-refractivity contribution in [2.45, 2.75) is 39.5 Å². The maximum atomic E-state index is 6.00. The van der Waals surface area contributed by atoms with Crippen LogP contribution in [0.25, 0.3) is 5.65 Å². The lowest BCUT2D eigenvalue weighted by Gasteiger charge is -2.04. The van der Waals surface area contributed by atoms with Crippen LogP contribution in [0.5, 0.6) is 0 Å². The Morgan fingerprint density at radius 1 is 1.41 bits per heavy atom. The van der Waals surface area contributed by atoms with Crippen LogP contribution < -0.4 is 5.73 Å². The first-order valence-electron chi connectivity index (χ1n) is 6.06. The molecule has 2 heterocycles. The SMILES string of the molecule is CCCCCc1c(N)nc2c(Br)cc(C)cn12. The number of nitrogen functional groups attached to an aromatic ring is 1. The Morgan fingerprint density at radius 3 is 2.88 bits per heavy atom. The maximum absolute atomic E-state index is 6.00. The van der Waals surface area contributed by atoms with Gasteiger partial charge >= 0.3 is 0 Å². The molecule has 0 atom stereocenters. The van der Waals surface area contributed by atoms with Crippen LogP contribution in [0.4, 0.5) is 5.82 Å². The zero-order valence-electron chi connectivity index (χ0n) is 10.3. The zero-order chi connectivity index (χ0) is 12.4. The van der Waals surface area contributed by atoms with Gasteiger partial charge in [0.25, 0.3) is 0 Å². The summed E-state index contributed by atoms with van der Waals surface area (Å²) < 4.78 is 3.12. The first-order valence-corrected chi connectivity index (χ1v) is 6.85. The number of hydrogen-bond acceptors (Lipinski definition) is 2. The van der Waals surface area contributed by atoms with Crippen molar-refractivity contribution in [3.05, 3.63) is 28.0 Å². The molecule has 0 aromatic carbocycles. The molecular formula is C13H18BrN3. The summed E-state index contributed by atoms with van der Waals surface area (Å²) in [6.07, 6.45) is 6.72. The van der Waals surface area contributed by atoms with E-state index in [0.29, 0.717) is 5.82 Å². The van der Waals surface area contributed by atoms with E-state index in [1.165, 1.54) is 24.8 Å². The lowest BCUT2D eigenvalue weighted by atomic mass is 10.1. The van der Waals surface area contributed by atoms with Gasteiger partial charge in [-0.1, -0.05) is 19.8 Å². The molecule has 0 aliphatic heterocycles. The summed E-state index contributed by atoms with van der Waals surface area (Å²) in [6.45, 7) is 4.29. The van der Waals surface area contributed by atoms with Gasteiger partial charge in [-0.3, -0.25) is 0 Å². The Hall–Kier alpha value is -1.03. The normalized spacial score (nSPS) is 11.2. The molecule has 2 aromatic rings. The summed E-state index contributed by atoms with van der Waals surface area (Å²) >= 11 is 3.54. The van der Waals surface area contributed by atoms with E-state index in [2.05, 4.69) is 51.4 Å². The monoisotopic (exact) mass is 295 g/mol. The Balaban J connectivity index is 2.43. The highest BCUT2D eigenvalue weighted by molar-refractivity contribution is 9.10. The highest BCUT2D eigenvalue weighted by atomic mass is 79.9. The van der Waals surface area contributed by atoms with E-state index in [4.69, 9.17) is 5.73 Å². The summed E-state index contributed by atoms with van der Waals surface area (Å²) in [5.41, 5.74) is 9.26. The molecular weight excluding hydrogens is 278 g/mol. The second kappa shape index (κ2) is 5.08. The molecule has 0 radical (unpaired) electrons. The topological polar surface area (TPSA) is 43.3 Å². The third kappa shape index (κ3) is 2.46. The van der Waals surface area contributed by atoms with E-state index in [0.717, 1.165) is 22.2 Å². The number of fused-ring (bicyclic) bond motifs is 1. The van der Waals surface area contributed by atoms with E-state index >= 15 is 0 Å². The van der Waals surface area contributed by atoms with E-state index in [9.17, 15) is 0 Å². The van der Waals surface area contributed by atoms with Crippen LogP contribution in [0, 0.1) is 6.92 Å². The molecule has 0 amide bonds. The van der Waals surface area contributed by atoms with Gasteiger partial charge < -0.3 is 10.1 Å². The summed E-state index contributed by atoms with van der Waals surface area (Å²) in [6, 6.07) is 2.07. The minimum Gasteiger partial charge on any atom is -0.382 e. The molecule has 0 saturated heterocycles. The van der Waals surface area contributed by atoms with Crippen molar-refractivity contribution in [1.82, 2.24) is 9.38 Å². The molecule has 0 saturated carbocycles. The van der Waals surface area contributed by atoms with Gasteiger partial charge in [0.2, 0.25) is 0 Å². The number of unbranched alkanes of at least 4 members (excludes halogenated alkanes) is 2. The van der Waals surface area contributed by atoms with E-state index < -0.39 is 0 Å². The first-order chi connectivity index (χ1) is 8.13. The minimum atomic E-state index is 0.660. The van der Waals surface area contributed by atoms with Gasteiger partial charge in [0.05, 0.1) is 10.2 Å². The standard InChI is InChI=1S/C13H18BrN3/c1-3-4-5-6-11-12(15)16-13-10(14)7-9(2)8-17(11)13/h7-8H,3-6,15H2,1-2H3. The van der Waals surface area contributed by atoms with Crippen molar-refractivity contribution < 1.29 is 0 Å². The molecule has 0 fully saturated rings. The van der Waals surface area contributed by atoms with Crippen molar-refractivity contribution in [2.75, 3.05) is 5.73 Å². The van der Waals surface area contributed by atoms with E-state index in [1.54, 1.807) is 0 Å². The largest absolute Gasteiger partial charge is 0.382 e. The van der Waals surface area contributed by atoms with Crippen molar-refractivity contribution in [3.63, 3.8) is 0 Å². The summed E-state index contributed by atoms with van der Waals surface area (Å²) in [5.74, 6) is 0.660. The third-order valence-corrected chi connectivity index (χ3v) is 3.54. The third-order valence-electron chi connectivity index (χ3n) is 2.96. The molecule has 0 aliphatic rings. The van der Waals surface area contributed by atoms with Crippen LogP contribution in [0.1, 0.15) is 37.4 Å². The number of halogens is 1. The van der Waals surface area contributed by atoms with Crippen molar-refractivity contribution in [3.8, 4) is 0 Å². The fourth-order valence-electron chi connectivity index (χ4n) is 2.09. The van der Waals surface area contributed by atoms with E-state index in [-0.39, 0.29) is 0 Å². The Kier molecular flexibility index (Phi) is 3.72. The van der Waals surface area contributed by atoms with Gasteiger partial charge in [0.1, 0.15) is 5.82 Å². The second-order valence-corrected chi connectivity index (χ2v) is 5.31. The smallest absolute Gasteiger partial charge is 0.153 e. The highest BCUT2D eigenvalue weighted by Crippen LogP contribution is 2.24. The summed E-state index contributed by atoms with van der Waals surface area (Å²) in [4.78, 5) is 4.43. The van der Waals surface area contributed by atoms with Gasteiger partial charge in [0, 0.05) is 6.20 Å². The molecule has 2 N–H and O–H groups in total. The number of rotatable bonds is 4. The number of anilines is 1. The van der Waals surface area contributed by atoms with Crippen LogP contribution >= 0.6 is 15.9 Å². The highest BCUT2D eigenvalue weighted by Gasteiger charge is 2.11. The van der Waals surface area contributed by atoms with Gasteiger partial charge in [0.15, 0.2) is 5.65 Å². The van der Waals surface area contributed by atoms with Gasteiger partial charge in [-0.2, -0.15) is 0 Å². The predicted octanol–water partition coefficient (Wildman–Crippen LogP) is 3.72. The molecule has 4 heteroatoms. The molecule has 92 valence electrons. The van der Waals surface area contributed by atoms with Gasteiger partial charge in [-0.15, -0.1) is 0 Å². The molecule has 3 nitrogen and oxygen atoms in total. The van der Waals surface area contributed by atoms with Crippen LogP contribution in [0.2, 0.25) is 0 Å². The van der Waals surface area contributed by atoms with Crippen molar-refractivity contribution in [1.29, 1.82) is 0 Å². The molecule has 0 unspecified atom stereocenters. The Morgan fingerprint density at radius 2 is 2.18 bits per heavy atom. The predicted molar refractivity (Wildman–Crippen MR) is 75.3 cm³/mol. The molecule has 17 heavy (non-hydrogen) atoms. The van der Waals surface area contributed by atoms with Gasteiger partial charge in [-0.05, 0) is 47.3 Å². The quantitative estimate of drug-likeness (QED) is 0.874. The Labute approximate surface area is 110 Å². The van der Waals surface area contributed by atoms with Crippen molar-refractivity contribution >= 4 is 27.4 Å². The Bertz CT molecular complexity index is 531. The second-order valence-electron chi connectivity index (χ2n) is 4.46. The zero-order valence-corrected chi connectivity index (χ0v) is 11.9. The molecule has 0 spiro atoms. The summed E-state index contributed by atoms with van der Waals surface area (Å²) in [7, 11) is 0. The number of pyridine rings is 1. The van der Waals surface area contributed by atoms with E-state index in [1.807, 2.05) is 0 Å². The maximum Gasteiger partial charge on any atom is 0.153 e. The number of aryl methyl sites for hydroxylation is 2. The number of hydrogen-bond donors (Lipinski definition) is 1. The van der Waals surface area contributed by atoms with Crippen LogP contribution in [0.3, 0.4) is 0 Å². The molecule has 2 rings (SSSR count). The number of nitrogens with two attached hydrogens (primary N) is 1. The van der Waals surface area contributed by atoms with Crippen LogP contribution in [-0.2, 0) is 6.42 Å². The number of nitrogens with zero attached hydrogens (tertiary/aromatic N) is 2. The lowest BCUT2D eigenvalue weighted by molar-refractivity contribution is 0.705. The number of imidazole rings is 1. The first kappa shape index (κ1) is 12.4. The van der Waals surface area contributed by atoms with Crippen molar-refractivity contribution in [2.24, 2.45) is 0 Å². The minimum absolute atomic E-state index is 0.660. The molecule has 2 aromatic heterocycles.